The Morgan fingerprint density at radius 3 is 1.80 bits per heavy atom. The van der Waals surface area contributed by atoms with Crippen LogP contribution in [0.15, 0.2) is 162 Å². The fourth-order valence-corrected chi connectivity index (χ4v) is 6.56. The van der Waals surface area contributed by atoms with E-state index in [4.69, 9.17) is 9.40 Å². The van der Waals surface area contributed by atoms with E-state index in [1.807, 2.05) is 12.1 Å². The highest BCUT2D eigenvalue weighted by molar-refractivity contribution is 6.22. The first-order valence-corrected chi connectivity index (χ1v) is 14.9. The average Bonchev–Trinajstić information content (AvgIpc) is 3.66. The van der Waals surface area contributed by atoms with Gasteiger partial charge in [-0.25, -0.2) is 4.98 Å². The maximum Gasteiger partial charge on any atom is 0.227 e. The second-order valence-corrected chi connectivity index (χ2v) is 11.2. The number of hydrogen-bond donors (Lipinski definition) is 0. The van der Waals surface area contributed by atoms with E-state index in [1.165, 1.54) is 32.7 Å². The van der Waals surface area contributed by atoms with Crippen molar-refractivity contribution in [3.05, 3.63) is 158 Å². The number of anilines is 3. The van der Waals surface area contributed by atoms with Gasteiger partial charge in [-0.1, -0.05) is 103 Å². The Hall–Kier alpha value is -5.93. The number of oxazole rings is 1. The molecule has 0 aliphatic heterocycles. The van der Waals surface area contributed by atoms with E-state index in [1.54, 1.807) is 0 Å². The molecule has 0 radical (unpaired) electrons. The van der Waals surface area contributed by atoms with Crippen molar-refractivity contribution in [2.24, 2.45) is 0 Å². The third kappa shape index (κ3) is 3.87. The first-order valence-electron chi connectivity index (χ1n) is 14.9. The van der Waals surface area contributed by atoms with Gasteiger partial charge in [0.2, 0.25) is 5.89 Å². The first kappa shape index (κ1) is 24.6. The van der Waals surface area contributed by atoms with Gasteiger partial charge in [0.1, 0.15) is 5.69 Å². The summed E-state index contributed by atoms with van der Waals surface area (Å²) in [5, 5.41) is 4.94. The zero-order valence-electron chi connectivity index (χ0n) is 23.8. The maximum atomic E-state index is 6.51. The SMILES string of the molecule is c1ccc(-c2ccc(N(c3ccccc3)c3ccc(-c4nc5c(o4)-c4cccc6c4c-5cc4ccccc46)cc3)cc2)cc1. The molecule has 0 saturated carbocycles. The Kier molecular flexibility index (Phi) is 5.50. The molecular weight excluding hydrogens is 536 g/mol. The monoisotopic (exact) mass is 562 g/mol. The lowest BCUT2D eigenvalue weighted by Crippen LogP contribution is -2.09. The van der Waals surface area contributed by atoms with Crippen LogP contribution in [0.5, 0.6) is 0 Å². The molecule has 0 unspecified atom stereocenters. The molecule has 206 valence electrons. The van der Waals surface area contributed by atoms with E-state index >= 15 is 0 Å². The van der Waals surface area contributed by atoms with Crippen molar-refractivity contribution in [1.82, 2.24) is 4.98 Å². The molecule has 44 heavy (non-hydrogen) atoms. The zero-order chi connectivity index (χ0) is 29.0. The molecule has 0 N–H and O–H groups in total. The van der Waals surface area contributed by atoms with Crippen LogP contribution in [-0.2, 0) is 0 Å². The van der Waals surface area contributed by atoms with Gasteiger partial charge in [0, 0.05) is 39.1 Å². The number of aromatic nitrogens is 1. The molecule has 7 aromatic carbocycles. The average molecular weight is 563 g/mol. The van der Waals surface area contributed by atoms with E-state index in [9.17, 15) is 0 Å². The Bertz CT molecular complexity index is 2300. The Morgan fingerprint density at radius 1 is 0.455 bits per heavy atom. The largest absolute Gasteiger partial charge is 0.435 e. The van der Waals surface area contributed by atoms with Gasteiger partial charge >= 0.3 is 0 Å². The van der Waals surface area contributed by atoms with Crippen molar-refractivity contribution in [2.75, 3.05) is 4.90 Å². The van der Waals surface area contributed by atoms with Gasteiger partial charge < -0.3 is 9.32 Å². The lowest BCUT2D eigenvalue weighted by atomic mass is 9.97. The topological polar surface area (TPSA) is 29.3 Å². The summed E-state index contributed by atoms with van der Waals surface area (Å²) in [5.74, 6) is 1.49. The number of hydrogen-bond acceptors (Lipinski definition) is 3. The van der Waals surface area contributed by atoms with Crippen molar-refractivity contribution in [1.29, 1.82) is 0 Å². The van der Waals surface area contributed by atoms with Crippen LogP contribution in [-0.4, -0.2) is 4.98 Å². The van der Waals surface area contributed by atoms with E-state index < -0.39 is 0 Å². The van der Waals surface area contributed by atoms with Crippen molar-refractivity contribution in [2.45, 2.75) is 0 Å². The van der Waals surface area contributed by atoms with Crippen LogP contribution in [0.25, 0.3) is 66.7 Å². The highest BCUT2D eigenvalue weighted by atomic mass is 16.4. The lowest BCUT2D eigenvalue weighted by molar-refractivity contribution is 0.590. The molecular formula is C41H26N2O. The molecule has 8 aromatic rings. The first-order chi connectivity index (χ1) is 21.8. The van der Waals surface area contributed by atoms with Gasteiger partial charge in [-0.05, 0) is 81.9 Å². The quantitative estimate of drug-likeness (QED) is 0.195. The second-order valence-electron chi connectivity index (χ2n) is 11.2. The van der Waals surface area contributed by atoms with Crippen molar-refractivity contribution in [3.63, 3.8) is 0 Å². The van der Waals surface area contributed by atoms with Gasteiger partial charge in [-0.3, -0.25) is 0 Å². The zero-order valence-corrected chi connectivity index (χ0v) is 23.8. The van der Waals surface area contributed by atoms with Crippen LogP contribution in [0.1, 0.15) is 0 Å². The normalized spacial score (nSPS) is 11.6. The van der Waals surface area contributed by atoms with E-state index in [0.29, 0.717) is 5.89 Å². The van der Waals surface area contributed by atoms with Crippen LogP contribution in [0.3, 0.4) is 0 Å². The third-order valence-corrected chi connectivity index (χ3v) is 8.63. The highest BCUT2D eigenvalue weighted by Crippen LogP contribution is 2.50. The van der Waals surface area contributed by atoms with E-state index in [2.05, 4.69) is 150 Å². The van der Waals surface area contributed by atoms with Gasteiger partial charge in [0.15, 0.2) is 5.76 Å². The summed E-state index contributed by atoms with van der Waals surface area (Å²) in [7, 11) is 0. The van der Waals surface area contributed by atoms with Crippen molar-refractivity contribution in [3.8, 4) is 45.2 Å². The van der Waals surface area contributed by atoms with Crippen LogP contribution in [0.2, 0.25) is 0 Å². The molecule has 0 spiro atoms. The summed E-state index contributed by atoms with van der Waals surface area (Å²) in [6.07, 6.45) is 0. The minimum Gasteiger partial charge on any atom is -0.435 e. The van der Waals surface area contributed by atoms with Crippen LogP contribution in [0, 0.1) is 0 Å². The van der Waals surface area contributed by atoms with Gasteiger partial charge in [0.05, 0.1) is 0 Å². The molecule has 1 aliphatic carbocycles. The summed E-state index contributed by atoms with van der Waals surface area (Å²) in [6, 6.07) is 55.4. The van der Waals surface area contributed by atoms with Crippen molar-refractivity contribution >= 4 is 38.6 Å². The van der Waals surface area contributed by atoms with Crippen LogP contribution in [0.4, 0.5) is 17.1 Å². The summed E-state index contributed by atoms with van der Waals surface area (Å²) in [6.45, 7) is 0. The highest BCUT2D eigenvalue weighted by Gasteiger charge is 2.29. The molecule has 1 aromatic heterocycles. The molecule has 0 atom stereocenters. The van der Waals surface area contributed by atoms with Crippen LogP contribution < -0.4 is 4.90 Å². The number of nitrogens with zero attached hydrogens (tertiary/aromatic N) is 2. The molecule has 0 saturated heterocycles. The summed E-state index contributed by atoms with van der Waals surface area (Å²) in [4.78, 5) is 7.33. The number of rotatable bonds is 5. The molecule has 0 amide bonds. The number of fused-ring (bicyclic) bond motifs is 5. The van der Waals surface area contributed by atoms with E-state index in [0.717, 1.165) is 45.2 Å². The molecule has 0 bridgehead atoms. The maximum absolute atomic E-state index is 6.51. The molecule has 9 rings (SSSR count). The molecule has 1 heterocycles. The number of para-hydroxylation sites is 1. The number of benzene rings is 7. The van der Waals surface area contributed by atoms with E-state index in [-0.39, 0.29) is 0 Å². The second kappa shape index (κ2) is 9.82. The Morgan fingerprint density at radius 2 is 1.05 bits per heavy atom. The van der Waals surface area contributed by atoms with Gasteiger partial charge in [-0.15, -0.1) is 0 Å². The summed E-state index contributed by atoms with van der Waals surface area (Å²) >= 11 is 0. The molecule has 3 nitrogen and oxygen atoms in total. The Balaban J connectivity index is 1.09. The smallest absolute Gasteiger partial charge is 0.227 e. The molecule has 3 heteroatoms. The van der Waals surface area contributed by atoms with Crippen molar-refractivity contribution < 1.29 is 4.42 Å². The third-order valence-electron chi connectivity index (χ3n) is 8.63. The van der Waals surface area contributed by atoms with Gasteiger partial charge in [0.25, 0.3) is 0 Å². The predicted octanol–water partition coefficient (Wildman–Crippen LogP) is 11.4. The minimum absolute atomic E-state index is 0.635. The standard InChI is InChI=1S/C41H26N2O/c1-3-10-27(11-4-1)28-18-22-32(23-19-28)43(31-13-5-2-6-14-31)33-24-20-29(21-25-33)41-42-39-37-26-30-12-7-8-15-34(30)35-16-9-17-36(38(35)37)40(39)44-41/h1-26H. The predicted molar refractivity (Wildman–Crippen MR) is 181 cm³/mol. The summed E-state index contributed by atoms with van der Waals surface area (Å²) in [5.41, 5.74) is 9.78. The minimum atomic E-state index is 0.635. The molecule has 1 aliphatic rings. The molecule has 0 fully saturated rings. The fourth-order valence-electron chi connectivity index (χ4n) is 6.56. The fraction of sp³-hybridized carbons (Fsp3) is 0. The summed E-state index contributed by atoms with van der Waals surface area (Å²) < 4.78 is 6.51. The lowest BCUT2D eigenvalue weighted by Gasteiger charge is -2.25. The van der Waals surface area contributed by atoms with Crippen LogP contribution >= 0.6 is 0 Å². The van der Waals surface area contributed by atoms with Gasteiger partial charge in [-0.2, -0.15) is 0 Å². The Labute approximate surface area is 255 Å².